The largest absolute Gasteiger partial charge is 0.451 e. The third-order valence-corrected chi connectivity index (χ3v) is 2.67. The molecule has 1 aromatic carbocycles. The number of amides is 2. The lowest BCUT2D eigenvalue weighted by atomic mass is 10.1. The molecule has 0 bridgehead atoms. The molecular formula is C15H18N2O5. The van der Waals surface area contributed by atoms with Crippen LogP contribution in [0.1, 0.15) is 38.1 Å². The highest BCUT2D eigenvalue weighted by molar-refractivity contribution is 5.98. The molecule has 0 saturated heterocycles. The molecule has 1 atom stereocenters. The van der Waals surface area contributed by atoms with Gasteiger partial charge in [-0.25, -0.2) is 4.79 Å². The van der Waals surface area contributed by atoms with Crippen LogP contribution in [0.2, 0.25) is 0 Å². The van der Waals surface area contributed by atoms with Gasteiger partial charge >= 0.3 is 5.97 Å². The zero-order chi connectivity index (χ0) is 16.9. The Kier molecular flexibility index (Phi) is 5.80. The smallest absolute Gasteiger partial charge is 0.338 e. The molecule has 0 saturated carbocycles. The number of carbonyl (C=O) groups excluding carboxylic acids is 4. The molecule has 0 aliphatic carbocycles. The van der Waals surface area contributed by atoms with Crippen molar-refractivity contribution in [3.8, 4) is 0 Å². The Hall–Kier alpha value is -2.70. The van der Waals surface area contributed by atoms with E-state index in [0.717, 1.165) is 0 Å². The quantitative estimate of drug-likeness (QED) is 0.807. The Morgan fingerprint density at radius 1 is 0.909 bits per heavy atom. The van der Waals surface area contributed by atoms with Gasteiger partial charge in [0.1, 0.15) is 0 Å². The molecule has 0 fully saturated rings. The summed E-state index contributed by atoms with van der Waals surface area (Å²) in [6, 6.07) is 4.32. The summed E-state index contributed by atoms with van der Waals surface area (Å²) in [5.41, 5.74) is 0.783. The Labute approximate surface area is 128 Å². The number of carbonyl (C=O) groups is 4. The summed E-state index contributed by atoms with van der Waals surface area (Å²) in [6.07, 6.45) is -0.874. The minimum Gasteiger partial charge on any atom is -0.451 e. The van der Waals surface area contributed by atoms with Crippen LogP contribution in [-0.2, 0) is 19.1 Å². The summed E-state index contributed by atoms with van der Waals surface area (Å²) in [7, 11) is 0. The van der Waals surface area contributed by atoms with Crippen LogP contribution in [0.5, 0.6) is 0 Å². The number of hydrogen-bond acceptors (Lipinski definition) is 5. The summed E-state index contributed by atoms with van der Waals surface area (Å²) in [5, 5.41) is 5.05. The van der Waals surface area contributed by atoms with Crippen LogP contribution < -0.4 is 10.6 Å². The van der Waals surface area contributed by atoms with E-state index >= 15 is 0 Å². The summed E-state index contributed by atoms with van der Waals surface area (Å²) >= 11 is 0. The molecule has 1 rings (SSSR count). The van der Waals surface area contributed by atoms with Gasteiger partial charge < -0.3 is 15.4 Å². The average Bonchev–Trinajstić information content (AvgIpc) is 2.36. The molecule has 2 N–H and O–H groups in total. The highest BCUT2D eigenvalue weighted by atomic mass is 16.5. The zero-order valence-corrected chi connectivity index (χ0v) is 12.9. The topological polar surface area (TPSA) is 102 Å². The number of nitrogens with one attached hydrogen (secondary N) is 2. The molecule has 22 heavy (non-hydrogen) atoms. The molecule has 7 nitrogen and oxygen atoms in total. The van der Waals surface area contributed by atoms with E-state index in [9.17, 15) is 19.2 Å². The molecule has 0 aromatic heterocycles. The highest BCUT2D eigenvalue weighted by Crippen LogP contribution is 2.20. The number of ketones is 1. The molecule has 0 radical (unpaired) electrons. The molecular weight excluding hydrogens is 288 g/mol. The van der Waals surface area contributed by atoms with E-state index in [4.69, 9.17) is 4.74 Å². The molecule has 0 aliphatic rings. The predicted molar refractivity (Wildman–Crippen MR) is 80.6 cm³/mol. The standard InChI is InChI=1S/C15H18N2O5/c1-8(18)9(2)22-15(21)12-5-13(16-10(3)19)7-14(6-12)17-11(4)20/h5-7,9H,1-4H3,(H,16,19)(H,17,20)/t9-/m0/s1. The van der Waals surface area contributed by atoms with Gasteiger partial charge in [0.15, 0.2) is 11.9 Å². The van der Waals surface area contributed by atoms with Crippen LogP contribution in [0.25, 0.3) is 0 Å². The van der Waals surface area contributed by atoms with E-state index in [0.29, 0.717) is 11.4 Å². The minimum atomic E-state index is -0.874. The van der Waals surface area contributed by atoms with Crippen LogP contribution in [0.4, 0.5) is 11.4 Å². The molecule has 0 heterocycles. The third-order valence-electron chi connectivity index (χ3n) is 2.67. The fourth-order valence-electron chi connectivity index (χ4n) is 1.61. The first-order chi connectivity index (χ1) is 10.2. The fourth-order valence-corrected chi connectivity index (χ4v) is 1.61. The Morgan fingerprint density at radius 3 is 1.73 bits per heavy atom. The van der Waals surface area contributed by atoms with Gasteiger partial charge in [0, 0.05) is 25.2 Å². The maximum absolute atomic E-state index is 12.0. The van der Waals surface area contributed by atoms with Crippen molar-refractivity contribution in [1.82, 2.24) is 0 Å². The first kappa shape index (κ1) is 17.4. The molecule has 118 valence electrons. The van der Waals surface area contributed by atoms with Crippen molar-refractivity contribution in [2.45, 2.75) is 33.8 Å². The highest BCUT2D eigenvalue weighted by Gasteiger charge is 2.17. The number of anilines is 2. The van der Waals surface area contributed by atoms with Crippen LogP contribution in [0.3, 0.4) is 0 Å². The summed E-state index contributed by atoms with van der Waals surface area (Å²) < 4.78 is 5.00. The van der Waals surface area contributed by atoms with E-state index in [1.807, 2.05) is 0 Å². The molecule has 1 aromatic rings. The van der Waals surface area contributed by atoms with Gasteiger partial charge in [0.25, 0.3) is 0 Å². The van der Waals surface area contributed by atoms with Crippen LogP contribution in [-0.4, -0.2) is 29.7 Å². The van der Waals surface area contributed by atoms with E-state index < -0.39 is 12.1 Å². The summed E-state index contributed by atoms with van der Waals surface area (Å²) in [5.74, 6) is -1.65. The maximum atomic E-state index is 12.0. The van der Waals surface area contributed by atoms with Crippen LogP contribution in [0, 0.1) is 0 Å². The van der Waals surface area contributed by atoms with Gasteiger partial charge in [-0.3, -0.25) is 14.4 Å². The van der Waals surface area contributed by atoms with Crippen molar-refractivity contribution in [3.63, 3.8) is 0 Å². The zero-order valence-electron chi connectivity index (χ0n) is 12.9. The Bertz CT molecular complexity index is 590. The summed E-state index contributed by atoms with van der Waals surface area (Å²) in [6.45, 7) is 5.42. The lowest BCUT2D eigenvalue weighted by Crippen LogP contribution is -2.22. The summed E-state index contributed by atoms with van der Waals surface area (Å²) in [4.78, 5) is 45.5. The Morgan fingerprint density at radius 2 is 1.36 bits per heavy atom. The number of Topliss-reactive ketones (excluding diaryl/α,β-unsaturated/α-hetero) is 1. The second kappa shape index (κ2) is 7.35. The normalized spacial score (nSPS) is 11.3. The number of rotatable bonds is 5. The van der Waals surface area contributed by atoms with Crippen molar-refractivity contribution >= 4 is 34.9 Å². The van der Waals surface area contributed by atoms with Gasteiger partial charge in [-0.05, 0) is 32.0 Å². The fraction of sp³-hybridized carbons (Fsp3) is 0.333. The lowest BCUT2D eigenvalue weighted by molar-refractivity contribution is -0.124. The van der Waals surface area contributed by atoms with Gasteiger partial charge in [0.2, 0.25) is 11.8 Å². The molecule has 0 unspecified atom stereocenters. The first-order valence-corrected chi connectivity index (χ1v) is 6.60. The van der Waals surface area contributed by atoms with Gasteiger partial charge in [-0.2, -0.15) is 0 Å². The van der Waals surface area contributed by atoms with Gasteiger partial charge in [0.05, 0.1) is 5.56 Å². The molecule has 2 amide bonds. The number of esters is 1. The number of ether oxygens (including phenoxy) is 1. The predicted octanol–water partition coefficient (Wildman–Crippen LogP) is 1.74. The van der Waals surface area contributed by atoms with Crippen molar-refractivity contribution in [1.29, 1.82) is 0 Å². The first-order valence-electron chi connectivity index (χ1n) is 6.60. The monoisotopic (exact) mass is 306 g/mol. The van der Waals surface area contributed by atoms with Crippen molar-refractivity contribution in [3.05, 3.63) is 23.8 Å². The second-order valence-corrected chi connectivity index (χ2v) is 4.82. The Balaban J connectivity index is 3.10. The van der Waals surface area contributed by atoms with E-state index in [-0.39, 0.29) is 23.2 Å². The van der Waals surface area contributed by atoms with Crippen molar-refractivity contribution in [2.75, 3.05) is 10.6 Å². The average molecular weight is 306 g/mol. The van der Waals surface area contributed by atoms with E-state index in [1.54, 1.807) is 0 Å². The lowest BCUT2D eigenvalue weighted by Gasteiger charge is -2.13. The number of benzene rings is 1. The van der Waals surface area contributed by atoms with Crippen LogP contribution >= 0.6 is 0 Å². The van der Waals surface area contributed by atoms with Gasteiger partial charge in [-0.15, -0.1) is 0 Å². The van der Waals surface area contributed by atoms with Crippen molar-refractivity contribution < 1.29 is 23.9 Å². The third kappa shape index (κ3) is 5.35. The minimum absolute atomic E-state index is 0.114. The second-order valence-electron chi connectivity index (χ2n) is 4.82. The molecule has 0 spiro atoms. The maximum Gasteiger partial charge on any atom is 0.338 e. The van der Waals surface area contributed by atoms with Crippen molar-refractivity contribution in [2.24, 2.45) is 0 Å². The van der Waals surface area contributed by atoms with E-state index in [1.165, 1.54) is 45.9 Å². The molecule has 7 heteroatoms. The van der Waals surface area contributed by atoms with Crippen LogP contribution in [0.15, 0.2) is 18.2 Å². The van der Waals surface area contributed by atoms with Gasteiger partial charge in [-0.1, -0.05) is 0 Å². The SMILES string of the molecule is CC(=O)Nc1cc(NC(C)=O)cc(C(=O)O[C@@H](C)C(C)=O)c1. The van der Waals surface area contributed by atoms with E-state index in [2.05, 4.69) is 10.6 Å². The number of hydrogen-bond donors (Lipinski definition) is 2. The molecule has 0 aliphatic heterocycles.